The minimum Gasteiger partial charge on any atom is -0.387 e. The van der Waals surface area contributed by atoms with E-state index in [1.165, 1.54) is 0 Å². The Bertz CT molecular complexity index is 894. The maximum atomic E-state index is 12.4. The minimum absolute atomic E-state index is 0.0591. The monoisotopic (exact) mass is 352 g/mol. The van der Waals surface area contributed by atoms with Crippen molar-refractivity contribution in [3.8, 4) is 11.3 Å². The van der Waals surface area contributed by atoms with E-state index in [2.05, 4.69) is 15.6 Å². The van der Waals surface area contributed by atoms with E-state index in [0.29, 0.717) is 5.69 Å². The van der Waals surface area contributed by atoms with Crippen molar-refractivity contribution < 1.29 is 14.4 Å². The molecular weight excluding hydrogens is 332 g/mol. The van der Waals surface area contributed by atoms with Crippen LogP contribution in [0.2, 0.25) is 0 Å². The molecule has 0 unspecified atom stereocenters. The van der Waals surface area contributed by atoms with Crippen LogP contribution in [0.1, 0.15) is 48.2 Å². The van der Waals surface area contributed by atoms with Crippen LogP contribution in [0.25, 0.3) is 11.3 Å². The van der Waals surface area contributed by atoms with Crippen LogP contribution >= 0.6 is 0 Å². The van der Waals surface area contributed by atoms with Crippen LogP contribution in [0.3, 0.4) is 0 Å². The fraction of sp³-hybridized carbons (Fsp3) is 0.316. The first-order chi connectivity index (χ1) is 12.6. The van der Waals surface area contributed by atoms with E-state index in [9.17, 15) is 9.90 Å². The van der Waals surface area contributed by atoms with Crippen LogP contribution < -0.4 is 5.32 Å². The van der Waals surface area contributed by atoms with Crippen molar-refractivity contribution in [3.05, 3.63) is 60.1 Å². The number of nitrogens with zero attached hydrogens (tertiary/aromatic N) is 3. The maximum absolute atomic E-state index is 12.4. The second-order valence-electron chi connectivity index (χ2n) is 6.61. The highest BCUT2D eigenvalue weighted by Crippen LogP contribution is 2.34. The molecule has 4 rings (SSSR count). The lowest BCUT2D eigenvalue weighted by Gasteiger charge is -2.36. The summed E-state index contributed by atoms with van der Waals surface area (Å²) in [6.07, 6.45) is 2.67. The summed E-state index contributed by atoms with van der Waals surface area (Å²) in [6, 6.07) is 13.3. The summed E-state index contributed by atoms with van der Waals surface area (Å²) in [5.41, 5.74) is 2.34. The molecule has 1 saturated carbocycles. The first kappa shape index (κ1) is 16.5. The fourth-order valence-electron chi connectivity index (χ4n) is 3.25. The lowest BCUT2D eigenvalue weighted by atomic mass is 9.86. The number of rotatable bonds is 5. The van der Waals surface area contributed by atoms with E-state index in [0.717, 1.165) is 24.1 Å². The van der Waals surface area contributed by atoms with Gasteiger partial charge in [0, 0.05) is 23.9 Å². The lowest BCUT2D eigenvalue weighted by Crippen LogP contribution is -2.45. The molecule has 1 atom stereocenters. The van der Waals surface area contributed by atoms with Crippen LogP contribution in [-0.4, -0.2) is 32.0 Å². The van der Waals surface area contributed by atoms with Gasteiger partial charge in [0.05, 0.1) is 17.8 Å². The Morgan fingerprint density at radius 2 is 2.08 bits per heavy atom. The van der Waals surface area contributed by atoms with Gasteiger partial charge in [-0.3, -0.25) is 9.48 Å². The maximum Gasteiger partial charge on any atom is 0.290 e. The molecule has 26 heavy (non-hydrogen) atoms. The molecular formula is C19H20N4O3. The van der Waals surface area contributed by atoms with E-state index in [-0.39, 0.29) is 23.8 Å². The molecule has 0 radical (unpaired) electrons. The van der Waals surface area contributed by atoms with Gasteiger partial charge in [-0.2, -0.15) is 5.10 Å². The molecule has 1 fully saturated rings. The largest absolute Gasteiger partial charge is 0.387 e. The Hall–Kier alpha value is -2.93. The number of aromatic nitrogens is 3. The van der Waals surface area contributed by atoms with Gasteiger partial charge in [-0.05, 0) is 25.8 Å². The van der Waals surface area contributed by atoms with Crippen LogP contribution in [-0.2, 0) is 0 Å². The smallest absolute Gasteiger partial charge is 0.290 e. The molecule has 7 nitrogen and oxygen atoms in total. The van der Waals surface area contributed by atoms with Crippen molar-refractivity contribution in [2.24, 2.45) is 0 Å². The van der Waals surface area contributed by atoms with Crippen LogP contribution in [0, 0.1) is 0 Å². The Morgan fingerprint density at radius 1 is 1.31 bits per heavy atom. The highest BCUT2D eigenvalue weighted by Gasteiger charge is 2.34. The highest BCUT2D eigenvalue weighted by atomic mass is 16.5. The van der Waals surface area contributed by atoms with E-state index in [4.69, 9.17) is 4.52 Å². The summed E-state index contributed by atoms with van der Waals surface area (Å²) in [5.74, 6) is -0.0598. The second kappa shape index (κ2) is 6.76. The first-order valence-electron chi connectivity index (χ1n) is 8.66. The molecule has 1 amide bonds. The van der Waals surface area contributed by atoms with E-state index >= 15 is 0 Å². The SMILES string of the molecule is C[C@H](O)c1ccnn1C1CC(NC(=O)c2cc(-c3ccccc3)no2)C1. The molecule has 0 saturated heterocycles. The van der Waals surface area contributed by atoms with E-state index in [1.54, 1.807) is 19.2 Å². The molecule has 0 aliphatic heterocycles. The van der Waals surface area contributed by atoms with Crippen molar-refractivity contribution in [2.45, 2.75) is 38.0 Å². The number of hydrogen-bond donors (Lipinski definition) is 2. The van der Waals surface area contributed by atoms with Gasteiger partial charge in [-0.1, -0.05) is 35.5 Å². The molecule has 7 heteroatoms. The Kier molecular flexibility index (Phi) is 4.30. The second-order valence-corrected chi connectivity index (χ2v) is 6.61. The summed E-state index contributed by atoms with van der Waals surface area (Å²) >= 11 is 0. The van der Waals surface area contributed by atoms with E-state index < -0.39 is 6.10 Å². The molecule has 2 aromatic heterocycles. The third kappa shape index (κ3) is 3.13. The van der Waals surface area contributed by atoms with Gasteiger partial charge in [-0.25, -0.2) is 0 Å². The van der Waals surface area contributed by atoms with Gasteiger partial charge in [0.25, 0.3) is 5.91 Å². The number of nitrogens with one attached hydrogen (secondary N) is 1. The van der Waals surface area contributed by atoms with Gasteiger partial charge >= 0.3 is 0 Å². The molecule has 134 valence electrons. The average molecular weight is 352 g/mol. The lowest BCUT2D eigenvalue weighted by molar-refractivity contribution is 0.0843. The number of aliphatic hydroxyl groups is 1. The predicted octanol–water partition coefficient (Wildman–Crippen LogP) is 2.72. The third-order valence-corrected chi connectivity index (χ3v) is 4.73. The van der Waals surface area contributed by atoms with Crippen LogP contribution in [0.15, 0.2) is 53.2 Å². The number of carbonyl (C=O) groups is 1. The number of aliphatic hydroxyl groups excluding tert-OH is 1. The standard InChI is InChI=1S/C19H20N4O3/c1-12(24)17-7-8-20-23(17)15-9-14(10-15)21-19(25)18-11-16(22-26-18)13-5-3-2-4-6-13/h2-8,11-12,14-15,24H,9-10H2,1H3,(H,21,25)/t12-,14?,15?/m0/s1. The van der Waals surface area contributed by atoms with Crippen molar-refractivity contribution in [1.29, 1.82) is 0 Å². The molecule has 1 aliphatic rings. The first-order valence-corrected chi connectivity index (χ1v) is 8.66. The zero-order valence-corrected chi connectivity index (χ0v) is 14.4. The Balaban J connectivity index is 1.36. The molecule has 0 bridgehead atoms. The van der Waals surface area contributed by atoms with E-state index in [1.807, 2.05) is 41.1 Å². The zero-order chi connectivity index (χ0) is 18.1. The quantitative estimate of drug-likeness (QED) is 0.736. The fourth-order valence-corrected chi connectivity index (χ4v) is 3.25. The number of carbonyl (C=O) groups excluding carboxylic acids is 1. The van der Waals surface area contributed by atoms with Crippen LogP contribution in [0.5, 0.6) is 0 Å². The average Bonchev–Trinajstić information content (AvgIpc) is 3.27. The topological polar surface area (TPSA) is 93.2 Å². The van der Waals surface area contributed by atoms with Crippen molar-refractivity contribution >= 4 is 5.91 Å². The normalized spacial score (nSPS) is 20.4. The number of benzene rings is 1. The minimum atomic E-state index is -0.559. The summed E-state index contributed by atoms with van der Waals surface area (Å²) in [4.78, 5) is 12.4. The summed E-state index contributed by atoms with van der Waals surface area (Å²) < 4.78 is 7.03. The van der Waals surface area contributed by atoms with Gasteiger partial charge in [-0.15, -0.1) is 0 Å². The molecule has 2 N–H and O–H groups in total. The summed E-state index contributed by atoms with van der Waals surface area (Å²) in [5, 5.41) is 21.0. The van der Waals surface area contributed by atoms with Gasteiger partial charge < -0.3 is 14.9 Å². The van der Waals surface area contributed by atoms with Gasteiger partial charge in [0.2, 0.25) is 5.76 Å². The number of amides is 1. The molecule has 0 spiro atoms. The Morgan fingerprint density at radius 3 is 2.81 bits per heavy atom. The van der Waals surface area contributed by atoms with Crippen molar-refractivity contribution in [3.63, 3.8) is 0 Å². The van der Waals surface area contributed by atoms with Gasteiger partial charge in [0.1, 0.15) is 5.69 Å². The van der Waals surface area contributed by atoms with Crippen molar-refractivity contribution in [2.75, 3.05) is 0 Å². The Labute approximate surface area is 150 Å². The molecule has 2 heterocycles. The zero-order valence-electron chi connectivity index (χ0n) is 14.4. The summed E-state index contributed by atoms with van der Waals surface area (Å²) in [6.45, 7) is 1.72. The van der Waals surface area contributed by atoms with Crippen LogP contribution in [0.4, 0.5) is 0 Å². The predicted molar refractivity (Wildman–Crippen MR) is 94.3 cm³/mol. The summed E-state index contributed by atoms with van der Waals surface area (Å²) in [7, 11) is 0. The number of hydrogen-bond acceptors (Lipinski definition) is 5. The van der Waals surface area contributed by atoms with Gasteiger partial charge in [0.15, 0.2) is 0 Å². The third-order valence-electron chi connectivity index (χ3n) is 4.73. The van der Waals surface area contributed by atoms with Crippen molar-refractivity contribution in [1.82, 2.24) is 20.3 Å². The molecule has 1 aromatic carbocycles. The highest BCUT2D eigenvalue weighted by molar-refractivity contribution is 5.92. The molecule has 1 aliphatic carbocycles. The molecule has 3 aromatic rings.